The fraction of sp³-hybridized carbons (Fsp3) is 0.227. The normalized spacial score (nSPS) is 16.0. The van der Waals surface area contributed by atoms with Crippen molar-refractivity contribution >= 4 is 19.0 Å². The Bertz CT molecular complexity index is 1080. The first-order chi connectivity index (χ1) is 12.9. The summed E-state index contributed by atoms with van der Waals surface area (Å²) in [6, 6.07) is 16.4. The molecule has 1 aliphatic rings. The molecule has 27 heavy (non-hydrogen) atoms. The van der Waals surface area contributed by atoms with Gasteiger partial charge < -0.3 is 0 Å². The Balaban J connectivity index is 2.08. The summed E-state index contributed by atoms with van der Waals surface area (Å²) in [4.78, 5) is 4.96. The van der Waals surface area contributed by atoms with Crippen molar-refractivity contribution in [2.24, 2.45) is 4.99 Å². The van der Waals surface area contributed by atoms with Crippen LogP contribution in [0.2, 0.25) is 19.6 Å². The highest BCUT2D eigenvalue weighted by Crippen LogP contribution is 2.30. The van der Waals surface area contributed by atoms with Crippen LogP contribution in [-0.2, 0) is 0 Å². The van der Waals surface area contributed by atoms with Crippen molar-refractivity contribution in [2.75, 3.05) is 0 Å². The van der Waals surface area contributed by atoms with E-state index in [1.54, 1.807) is 0 Å². The van der Waals surface area contributed by atoms with Gasteiger partial charge in [-0.05, 0) is 13.0 Å². The molecule has 0 saturated heterocycles. The maximum absolute atomic E-state index is 5.84. The number of hydrogen-bond acceptors (Lipinski definition) is 3. The third kappa shape index (κ3) is 2.92. The summed E-state index contributed by atoms with van der Waals surface area (Å²) in [6.07, 6.45) is 5.84. The van der Waals surface area contributed by atoms with Gasteiger partial charge in [0.2, 0.25) is 0 Å². The van der Waals surface area contributed by atoms with Crippen LogP contribution in [0.1, 0.15) is 28.8 Å². The van der Waals surface area contributed by atoms with Gasteiger partial charge in [0.05, 0.1) is 19.5 Å². The molecule has 0 bridgehead atoms. The second kappa shape index (κ2) is 6.33. The van der Waals surface area contributed by atoms with Crippen molar-refractivity contribution < 1.29 is 0 Å². The summed E-state index contributed by atoms with van der Waals surface area (Å²) in [5, 5.41) is 9.99. The van der Waals surface area contributed by atoms with Crippen LogP contribution in [0.4, 0.5) is 0 Å². The van der Waals surface area contributed by atoms with E-state index < -0.39 is 14.1 Å². The zero-order valence-electron chi connectivity index (χ0n) is 16.1. The summed E-state index contributed by atoms with van der Waals surface area (Å²) in [7, 11) is -1.49. The molecule has 5 heteroatoms. The number of nitrogens with zero attached hydrogens (tertiary/aromatic N) is 4. The molecule has 4 rings (SSSR count). The van der Waals surface area contributed by atoms with E-state index in [2.05, 4.69) is 66.1 Å². The Morgan fingerprint density at radius 1 is 1.04 bits per heavy atom. The molecular formula is C22H22N4Si. The number of fused-ring (bicyclic) bond motifs is 3. The van der Waals surface area contributed by atoms with E-state index in [4.69, 9.17) is 11.4 Å². The van der Waals surface area contributed by atoms with Gasteiger partial charge in [-0.3, -0.25) is 9.56 Å². The van der Waals surface area contributed by atoms with Crippen molar-refractivity contribution in [3.05, 3.63) is 71.3 Å². The van der Waals surface area contributed by atoms with E-state index in [0.29, 0.717) is 5.82 Å². The number of aromatic nitrogens is 3. The molecule has 0 N–H and O–H groups in total. The number of hydrogen-bond donors (Lipinski definition) is 0. The van der Waals surface area contributed by atoms with Crippen LogP contribution in [0.15, 0.2) is 53.5 Å². The second-order valence-corrected chi connectivity index (χ2v) is 12.9. The molecule has 4 nitrogen and oxygen atoms in total. The zero-order valence-corrected chi connectivity index (χ0v) is 17.1. The van der Waals surface area contributed by atoms with Gasteiger partial charge in [0.1, 0.15) is 5.82 Å². The van der Waals surface area contributed by atoms with Crippen molar-refractivity contribution in [1.82, 2.24) is 14.8 Å². The molecule has 2 aromatic carbocycles. The lowest BCUT2D eigenvalue weighted by atomic mass is 10.0. The topological polar surface area (TPSA) is 43.1 Å². The Morgan fingerprint density at radius 2 is 1.78 bits per heavy atom. The quantitative estimate of drug-likeness (QED) is 0.510. The fourth-order valence-corrected chi connectivity index (χ4v) is 4.60. The van der Waals surface area contributed by atoms with Crippen LogP contribution in [-0.4, -0.2) is 28.6 Å². The van der Waals surface area contributed by atoms with Gasteiger partial charge in [-0.15, -0.1) is 16.6 Å². The Labute approximate surface area is 161 Å². The molecule has 0 amide bonds. The summed E-state index contributed by atoms with van der Waals surface area (Å²) in [5.41, 5.74) is 4.10. The molecule has 3 aromatic rings. The van der Waals surface area contributed by atoms with Crippen LogP contribution >= 0.6 is 0 Å². The van der Waals surface area contributed by atoms with Crippen molar-refractivity contribution in [3.8, 4) is 18.0 Å². The van der Waals surface area contributed by atoms with Gasteiger partial charge in [0.15, 0.2) is 11.9 Å². The highest BCUT2D eigenvalue weighted by Gasteiger charge is 2.28. The van der Waals surface area contributed by atoms with Gasteiger partial charge >= 0.3 is 0 Å². The van der Waals surface area contributed by atoms with E-state index in [9.17, 15) is 0 Å². The average molecular weight is 371 g/mol. The third-order valence-corrected chi connectivity index (χ3v) is 6.96. The SMILES string of the molecule is C#CC1N=C(c2ccccc2)c2cc([Si](C)(C)C)ccc2-n2c(C)nnc21. The van der Waals surface area contributed by atoms with E-state index in [1.165, 1.54) is 5.19 Å². The first-order valence-corrected chi connectivity index (χ1v) is 12.6. The predicted octanol–water partition coefficient (Wildman–Crippen LogP) is 3.65. The highest BCUT2D eigenvalue weighted by molar-refractivity contribution is 6.88. The van der Waals surface area contributed by atoms with Crippen molar-refractivity contribution in [2.45, 2.75) is 32.6 Å². The molecular weight excluding hydrogens is 348 g/mol. The molecule has 0 fully saturated rings. The Kier molecular flexibility index (Phi) is 4.09. The molecule has 134 valence electrons. The number of benzene rings is 2. The first-order valence-electron chi connectivity index (χ1n) is 9.06. The summed E-state index contributed by atoms with van der Waals surface area (Å²) < 4.78 is 2.05. The Morgan fingerprint density at radius 3 is 2.44 bits per heavy atom. The van der Waals surface area contributed by atoms with Crippen LogP contribution < -0.4 is 5.19 Å². The fourth-order valence-electron chi connectivity index (χ4n) is 3.43. The lowest BCUT2D eigenvalue weighted by Crippen LogP contribution is -2.38. The number of terminal acetylenes is 1. The third-order valence-electron chi connectivity index (χ3n) is 4.92. The van der Waals surface area contributed by atoms with Crippen LogP contribution in [0.5, 0.6) is 0 Å². The molecule has 0 radical (unpaired) electrons. The van der Waals surface area contributed by atoms with Crippen molar-refractivity contribution in [3.63, 3.8) is 0 Å². The monoisotopic (exact) mass is 370 g/mol. The van der Waals surface area contributed by atoms with E-state index in [1.807, 2.05) is 29.7 Å². The van der Waals surface area contributed by atoms with Crippen LogP contribution in [0.25, 0.3) is 5.69 Å². The van der Waals surface area contributed by atoms with Crippen LogP contribution in [0.3, 0.4) is 0 Å². The van der Waals surface area contributed by atoms with E-state index in [0.717, 1.165) is 28.4 Å². The molecule has 0 spiro atoms. The molecule has 2 heterocycles. The molecule has 1 aliphatic heterocycles. The predicted molar refractivity (Wildman–Crippen MR) is 113 cm³/mol. The Hall–Kier alpha value is -2.97. The maximum atomic E-state index is 5.84. The lowest BCUT2D eigenvalue weighted by molar-refractivity contribution is 0.800. The molecule has 0 aliphatic carbocycles. The number of rotatable bonds is 2. The molecule has 1 unspecified atom stereocenters. The van der Waals surface area contributed by atoms with Gasteiger partial charge in [-0.1, -0.05) is 73.2 Å². The minimum Gasteiger partial charge on any atom is -0.280 e. The molecule has 1 aromatic heterocycles. The number of aryl methyl sites for hydroxylation is 1. The second-order valence-electron chi connectivity index (χ2n) is 7.84. The largest absolute Gasteiger partial charge is 0.280 e. The smallest absolute Gasteiger partial charge is 0.174 e. The van der Waals surface area contributed by atoms with E-state index >= 15 is 0 Å². The minimum absolute atomic E-state index is 0.468. The summed E-state index contributed by atoms with van der Waals surface area (Å²) >= 11 is 0. The number of aliphatic imine (C=N–C) groups is 1. The minimum atomic E-state index is -1.49. The highest BCUT2D eigenvalue weighted by atomic mass is 28.3. The maximum Gasteiger partial charge on any atom is 0.174 e. The summed E-state index contributed by atoms with van der Waals surface area (Å²) in [5.74, 6) is 4.30. The lowest BCUT2D eigenvalue weighted by Gasteiger charge is -2.20. The summed E-state index contributed by atoms with van der Waals surface area (Å²) in [6.45, 7) is 9.01. The van der Waals surface area contributed by atoms with E-state index in [-0.39, 0.29) is 0 Å². The van der Waals surface area contributed by atoms with Crippen molar-refractivity contribution in [1.29, 1.82) is 0 Å². The van der Waals surface area contributed by atoms with Gasteiger partial charge in [0, 0.05) is 11.1 Å². The first kappa shape index (κ1) is 17.4. The van der Waals surface area contributed by atoms with Gasteiger partial charge in [-0.2, -0.15) is 0 Å². The standard InChI is InChI=1S/C22H22N4Si/c1-6-19-22-25-24-15(2)26(22)20-13-12-17(27(3,4)5)14-18(20)21(23-19)16-10-8-7-9-11-16/h1,7-14,19H,2-5H3. The molecule has 0 saturated carbocycles. The van der Waals surface area contributed by atoms with Crippen LogP contribution in [0, 0.1) is 19.3 Å². The zero-order chi connectivity index (χ0) is 19.2. The average Bonchev–Trinajstić information content (AvgIpc) is 2.96. The van der Waals surface area contributed by atoms with Gasteiger partial charge in [0.25, 0.3) is 0 Å². The van der Waals surface area contributed by atoms with Gasteiger partial charge in [-0.25, -0.2) is 0 Å². The molecule has 1 atom stereocenters.